The van der Waals surface area contributed by atoms with Gasteiger partial charge in [0.15, 0.2) is 5.70 Å². The fourth-order valence-electron chi connectivity index (χ4n) is 7.87. The zero-order valence-electron chi connectivity index (χ0n) is 33.6. The van der Waals surface area contributed by atoms with E-state index in [0.717, 1.165) is 14.5 Å². The second-order valence-corrected chi connectivity index (χ2v) is 14.9. The van der Waals surface area contributed by atoms with Crippen molar-refractivity contribution in [3.05, 3.63) is 138 Å². The Morgan fingerprint density at radius 3 is 2.43 bits per heavy atom. The van der Waals surface area contributed by atoms with Crippen molar-refractivity contribution in [1.29, 1.82) is 5.26 Å². The number of ether oxygens (including phenoxy) is 2. The summed E-state index contributed by atoms with van der Waals surface area (Å²) in [6, 6.07) is 27.1. The van der Waals surface area contributed by atoms with Crippen LogP contribution in [0.3, 0.4) is 0 Å². The first-order valence-corrected chi connectivity index (χ1v) is 19.9. The summed E-state index contributed by atoms with van der Waals surface area (Å²) in [7, 11) is 0. The maximum absolute atomic E-state index is 15.8. The molecular formula is C45H42BF2N9O4. The average molecular weight is 822 g/mol. The molecule has 8 rings (SSSR count). The monoisotopic (exact) mass is 821 g/mol. The van der Waals surface area contributed by atoms with Gasteiger partial charge in [-0.05, 0) is 79.2 Å². The number of allylic oxidation sites excluding steroid dienone is 2. The number of nitrogens with zero attached hydrogens (tertiary/aromatic N) is 7. The van der Waals surface area contributed by atoms with Crippen molar-refractivity contribution in [2.75, 3.05) is 43.8 Å². The lowest BCUT2D eigenvalue weighted by molar-refractivity contribution is -0.362. The summed E-state index contributed by atoms with van der Waals surface area (Å²) < 4.78 is 45.9. The third-order valence-corrected chi connectivity index (χ3v) is 10.9. The molecule has 3 aliphatic heterocycles. The number of carbonyl (C=O) groups excluding carboxylic acids is 2. The van der Waals surface area contributed by atoms with Crippen LogP contribution in [-0.4, -0.2) is 86.0 Å². The third kappa shape index (κ3) is 8.55. The molecule has 16 heteroatoms. The van der Waals surface area contributed by atoms with Crippen molar-refractivity contribution in [3.63, 3.8) is 0 Å². The Hall–Kier alpha value is -7.38. The summed E-state index contributed by atoms with van der Waals surface area (Å²) in [6.07, 6.45) is 8.30. The molecule has 13 nitrogen and oxygen atoms in total. The lowest BCUT2D eigenvalue weighted by atomic mass is 9.90. The van der Waals surface area contributed by atoms with Gasteiger partial charge in [-0.3, -0.25) is 14.5 Å². The van der Waals surface area contributed by atoms with Crippen molar-refractivity contribution >= 4 is 42.1 Å². The Morgan fingerprint density at radius 2 is 1.67 bits per heavy atom. The van der Waals surface area contributed by atoms with E-state index in [1.165, 1.54) is 6.33 Å². The number of rotatable bonds is 12. The zero-order chi connectivity index (χ0) is 42.7. The van der Waals surface area contributed by atoms with Crippen LogP contribution in [0.15, 0.2) is 121 Å². The van der Waals surface area contributed by atoms with Gasteiger partial charge in [-0.2, -0.15) is 5.26 Å². The molecule has 5 aromatic rings. The van der Waals surface area contributed by atoms with E-state index in [2.05, 4.69) is 15.3 Å². The van der Waals surface area contributed by atoms with Crippen molar-refractivity contribution in [2.24, 2.45) is 0 Å². The highest BCUT2D eigenvalue weighted by atomic mass is 19.2. The van der Waals surface area contributed by atoms with Gasteiger partial charge in [0.1, 0.15) is 46.7 Å². The van der Waals surface area contributed by atoms with Gasteiger partial charge < -0.3 is 43.0 Å². The molecule has 2 aromatic heterocycles. The minimum atomic E-state index is -4.09. The minimum Gasteiger partial charge on any atom is -0.457 e. The number of nitrogens with one attached hydrogen (secondary N) is 1. The maximum atomic E-state index is 15.8. The topological polar surface area (TPSA) is 155 Å². The SMILES string of the molecule is Cc1cc(C)n2c1C=C1C=CC(CCC(=O)N3CCN(CC=C(C#N)C(=O)Nc4cccc(Oc5ncnc(N)c5-c5ccc(Oc6ccccc6)cc5)c4)CC3)=[N+]1[B-]2(F)F. The number of nitrogens with two attached hydrogens (primary N) is 1. The molecule has 3 aromatic carbocycles. The molecule has 3 N–H and O–H groups in total. The van der Waals surface area contributed by atoms with Gasteiger partial charge in [-0.1, -0.05) is 36.4 Å². The lowest BCUT2D eigenvalue weighted by Gasteiger charge is -2.34. The minimum absolute atomic E-state index is 0.0704. The number of halogens is 2. The van der Waals surface area contributed by atoms with Crippen LogP contribution in [-0.2, 0) is 9.59 Å². The molecule has 0 bridgehead atoms. The van der Waals surface area contributed by atoms with E-state index in [-0.39, 0.29) is 36.0 Å². The number of nitrogen functional groups attached to an aromatic ring is 1. The summed E-state index contributed by atoms with van der Waals surface area (Å²) in [4.78, 5) is 38.7. The number of amides is 2. The molecule has 1 fully saturated rings. The highest BCUT2D eigenvalue weighted by molar-refractivity contribution is 6.58. The molecule has 0 unspecified atom stereocenters. The van der Waals surface area contributed by atoms with E-state index in [1.807, 2.05) is 72.5 Å². The van der Waals surface area contributed by atoms with Gasteiger partial charge >= 0.3 is 6.97 Å². The Kier molecular flexibility index (Phi) is 11.3. The molecule has 0 spiro atoms. The first-order valence-electron chi connectivity index (χ1n) is 19.9. The van der Waals surface area contributed by atoms with Crippen LogP contribution >= 0.6 is 0 Å². The number of para-hydroxylation sites is 1. The van der Waals surface area contributed by atoms with Gasteiger partial charge in [0.05, 0.1) is 5.56 Å². The lowest BCUT2D eigenvalue weighted by Crippen LogP contribution is -2.51. The van der Waals surface area contributed by atoms with Crippen LogP contribution < -0.4 is 20.5 Å². The number of piperazine rings is 1. The van der Waals surface area contributed by atoms with Gasteiger partial charge in [0, 0.05) is 81.2 Å². The van der Waals surface area contributed by atoms with E-state index >= 15 is 8.63 Å². The Labute approximate surface area is 351 Å². The van der Waals surface area contributed by atoms with E-state index in [9.17, 15) is 14.9 Å². The number of aryl methyl sites for hydroxylation is 2. The van der Waals surface area contributed by atoms with E-state index < -0.39 is 12.9 Å². The predicted molar refractivity (Wildman–Crippen MR) is 229 cm³/mol. The zero-order valence-corrected chi connectivity index (χ0v) is 33.6. The van der Waals surface area contributed by atoms with Crippen LogP contribution in [0.1, 0.15) is 29.8 Å². The van der Waals surface area contributed by atoms with Crippen LogP contribution in [0.2, 0.25) is 0 Å². The molecule has 5 heterocycles. The highest BCUT2D eigenvalue weighted by Gasteiger charge is 2.52. The molecule has 0 saturated carbocycles. The smallest absolute Gasteiger partial charge is 0.457 e. The second kappa shape index (κ2) is 17.1. The number of carbonyl (C=O) groups is 2. The fourth-order valence-corrected chi connectivity index (χ4v) is 7.87. The second-order valence-electron chi connectivity index (χ2n) is 14.9. The van der Waals surface area contributed by atoms with Crippen molar-refractivity contribution < 1.29 is 32.2 Å². The highest BCUT2D eigenvalue weighted by Crippen LogP contribution is 2.37. The number of nitriles is 1. The normalized spacial score (nSPS) is 15.8. The largest absolute Gasteiger partial charge is 0.737 e. The van der Waals surface area contributed by atoms with E-state index in [4.69, 9.17) is 15.2 Å². The number of hydrogen-bond acceptors (Lipinski definition) is 9. The van der Waals surface area contributed by atoms with Crippen molar-refractivity contribution in [3.8, 4) is 40.3 Å². The molecule has 1 saturated heterocycles. The quantitative estimate of drug-likeness (QED) is 0.0748. The first-order chi connectivity index (χ1) is 29.5. The Bertz CT molecular complexity index is 2680. The van der Waals surface area contributed by atoms with Crippen LogP contribution in [0.5, 0.6) is 23.1 Å². The molecule has 0 aliphatic carbocycles. The summed E-state index contributed by atoms with van der Waals surface area (Å²) in [5.41, 5.74) is 10.5. The first kappa shape index (κ1) is 40.4. The Morgan fingerprint density at radius 1 is 0.934 bits per heavy atom. The molecule has 61 heavy (non-hydrogen) atoms. The van der Waals surface area contributed by atoms with Gasteiger partial charge in [0.2, 0.25) is 11.8 Å². The average Bonchev–Trinajstić information content (AvgIpc) is 3.81. The molecule has 0 radical (unpaired) electrons. The van der Waals surface area contributed by atoms with Crippen LogP contribution in [0.25, 0.3) is 17.2 Å². The van der Waals surface area contributed by atoms with Crippen LogP contribution in [0.4, 0.5) is 20.1 Å². The van der Waals surface area contributed by atoms with Crippen LogP contribution in [0, 0.1) is 25.2 Å². The number of anilines is 2. The molecule has 2 amide bonds. The molecular weight excluding hydrogens is 779 g/mol. The predicted octanol–water partition coefficient (Wildman–Crippen LogP) is 7.34. The van der Waals surface area contributed by atoms with Crippen molar-refractivity contribution in [2.45, 2.75) is 26.7 Å². The number of hydrogen-bond donors (Lipinski definition) is 2. The summed E-state index contributed by atoms with van der Waals surface area (Å²) in [5.74, 6) is 1.42. The Balaban J connectivity index is 0.839. The number of fused-ring (bicyclic) bond motifs is 2. The number of aromatic nitrogens is 3. The standard InChI is InChI=1S/C45H42BF2N9O4/c1-30-25-31(2)56-40(30)27-36-14-13-35(57(36)46(56,47)48)15-18-41(58)55-23-21-54(22-24-55)20-19-33(28-49)44(59)53-34-7-6-10-39(26-34)61-45-42(43(50)51-29-52-45)32-11-16-38(17-12-32)60-37-8-4-3-5-9-37/h3-14,16-17,19,25-27,29H,15,18,20-24H2,1-2H3,(H,53,59)(H2,50,51,52). The number of benzene rings is 3. The molecule has 3 aliphatic rings. The van der Waals surface area contributed by atoms with E-state index in [0.29, 0.717) is 89.6 Å². The van der Waals surface area contributed by atoms with E-state index in [1.54, 1.807) is 66.5 Å². The third-order valence-electron chi connectivity index (χ3n) is 10.9. The maximum Gasteiger partial charge on any atom is 0.737 e. The van der Waals surface area contributed by atoms with Gasteiger partial charge in [-0.15, -0.1) is 0 Å². The summed E-state index contributed by atoms with van der Waals surface area (Å²) in [5, 5.41) is 12.6. The fraction of sp³-hybridized carbons (Fsp3) is 0.200. The molecule has 0 atom stereocenters. The molecule has 308 valence electrons. The van der Waals surface area contributed by atoms with Crippen molar-refractivity contribution in [1.82, 2.24) is 24.2 Å². The summed E-state index contributed by atoms with van der Waals surface area (Å²) in [6.45, 7) is 1.66. The summed E-state index contributed by atoms with van der Waals surface area (Å²) >= 11 is 0. The van der Waals surface area contributed by atoms with Gasteiger partial charge in [0.25, 0.3) is 5.91 Å². The van der Waals surface area contributed by atoms with Gasteiger partial charge in [-0.25, -0.2) is 9.97 Å².